The van der Waals surface area contributed by atoms with Gasteiger partial charge in [-0.1, -0.05) is 18.0 Å². The van der Waals surface area contributed by atoms with Gasteiger partial charge in [0.1, 0.15) is 6.26 Å². The fraction of sp³-hybridized carbons (Fsp3) is 0.700. The Kier molecular flexibility index (Phi) is 3.16. The molecule has 1 saturated carbocycles. The molecule has 1 aromatic rings. The molecule has 4 heteroatoms. The molecule has 2 unspecified atom stereocenters. The minimum Gasteiger partial charge on any atom is -0.392 e. The molecule has 14 heavy (non-hydrogen) atoms. The first-order valence-corrected chi connectivity index (χ1v) is 5.17. The van der Waals surface area contributed by atoms with Gasteiger partial charge in [-0.3, -0.25) is 0 Å². The van der Waals surface area contributed by atoms with Crippen molar-refractivity contribution in [3.8, 4) is 0 Å². The fourth-order valence-corrected chi connectivity index (χ4v) is 1.91. The summed E-state index contributed by atoms with van der Waals surface area (Å²) in [5.74, 6) is 0. The van der Waals surface area contributed by atoms with Crippen LogP contribution in [0.2, 0.25) is 0 Å². The quantitative estimate of drug-likeness (QED) is 0.759. The predicted molar refractivity (Wildman–Crippen MR) is 51.6 cm³/mol. The van der Waals surface area contributed by atoms with Crippen molar-refractivity contribution in [2.24, 2.45) is 0 Å². The smallest absolute Gasteiger partial charge is 0.124 e. The molecule has 0 aliphatic heterocycles. The number of aromatic nitrogens is 1. The number of aliphatic hydroxyl groups is 1. The van der Waals surface area contributed by atoms with E-state index in [0.29, 0.717) is 6.54 Å². The van der Waals surface area contributed by atoms with Crippen molar-refractivity contribution in [2.75, 3.05) is 0 Å². The molecule has 0 saturated heterocycles. The maximum Gasteiger partial charge on any atom is 0.124 e. The van der Waals surface area contributed by atoms with Crippen LogP contribution in [-0.4, -0.2) is 22.4 Å². The molecule has 1 aliphatic rings. The van der Waals surface area contributed by atoms with E-state index in [1.807, 2.05) is 6.07 Å². The van der Waals surface area contributed by atoms with Crippen LogP contribution in [0, 0.1) is 0 Å². The van der Waals surface area contributed by atoms with E-state index >= 15 is 0 Å². The molecule has 0 aromatic carbocycles. The third-order valence-electron chi connectivity index (χ3n) is 2.77. The van der Waals surface area contributed by atoms with Gasteiger partial charge in [-0.2, -0.15) is 0 Å². The Bertz CT molecular complexity index is 261. The molecule has 0 amide bonds. The molecule has 1 aromatic heterocycles. The minimum atomic E-state index is -0.198. The van der Waals surface area contributed by atoms with Gasteiger partial charge in [0.15, 0.2) is 0 Å². The van der Waals surface area contributed by atoms with Crippen LogP contribution in [0.15, 0.2) is 16.9 Å². The Hall–Kier alpha value is -0.870. The van der Waals surface area contributed by atoms with Crippen molar-refractivity contribution in [3.05, 3.63) is 18.0 Å². The van der Waals surface area contributed by atoms with Gasteiger partial charge < -0.3 is 14.9 Å². The molecule has 2 rings (SSSR count). The normalized spacial score (nSPS) is 27.8. The van der Waals surface area contributed by atoms with Crippen molar-refractivity contribution in [2.45, 2.75) is 44.4 Å². The second-order valence-corrected chi connectivity index (χ2v) is 3.83. The van der Waals surface area contributed by atoms with E-state index in [0.717, 1.165) is 25.0 Å². The Morgan fingerprint density at radius 1 is 1.50 bits per heavy atom. The number of hydrogen-bond acceptors (Lipinski definition) is 4. The van der Waals surface area contributed by atoms with Crippen LogP contribution in [0.5, 0.6) is 0 Å². The molecule has 2 N–H and O–H groups in total. The highest BCUT2D eigenvalue weighted by atomic mass is 16.5. The highest BCUT2D eigenvalue weighted by Crippen LogP contribution is 2.18. The molecular formula is C10H16N2O2. The summed E-state index contributed by atoms with van der Waals surface area (Å²) in [5, 5.41) is 16.8. The Labute approximate surface area is 83.3 Å². The van der Waals surface area contributed by atoms with Crippen molar-refractivity contribution < 1.29 is 9.63 Å². The Morgan fingerprint density at radius 3 is 3.07 bits per heavy atom. The second kappa shape index (κ2) is 4.57. The molecule has 0 spiro atoms. The van der Waals surface area contributed by atoms with Gasteiger partial charge in [0.2, 0.25) is 0 Å². The van der Waals surface area contributed by atoms with E-state index in [-0.39, 0.29) is 12.1 Å². The lowest BCUT2D eigenvalue weighted by molar-refractivity contribution is 0.0899. The summed E-state index contributed by atoms with van der Waals surface area (Å²) >= 11 is 0. The lowest BCUT2D eigenvalue weighted by Crippen LogP contribution is -2.41. The SMILES string of the molecule is OC1CCCCC1NCc1ccon1. The van der Waals surface area contributed by atoms with Crippen molar-refractivity contribution >= 4 is 0 Å². The summed E-state index contributed by atoms with van der Waals surface area (Å²) in [5.41, 5.74) is 0.891. The highest BCUT2D eigenvalue weighted by molar-refractivity contribution is 4.95. The zero-order valence-electron chi connectivity index (χ0n) is 8.15. The van der Waals surface area contributed by atoms with Crippen LogP contribution in [0.25, 0.3) is 0 Å². The minimum absolute atomic E-state index is 0.198. The molecule has 78 valence electrons. The van der Waals surface area contributed by atoms with E-state index in [9.17, 15) is 5.11 Å². The zero-order valence-corrected chi connectivity index (χ0v) is 8.15. The maximum atomic E-state index is 9.69. The standard InChI is InChI=1S/C10H16N2O2/c13-10-4-2-1-3-9(10)11-7-8-5-6-14-12-8/h5-6,9-11,13H,1-4,7H2. The Balaban J connectivity index is 1.79. The first-order valence-electron chi connectivity index (χ1n) is 5.17. The average Bonchev–Trinajstić information content (AvgIpc) is 2.69. The van der Waals surface area contributed by atoms with Crippen molar-refractivity contribution in [1.82, 2.24) is 10.5 Å². The molecule has 0 radical (unpaired) electrons. The third-order valence-corrected chi connectivity index (χ3v) is 2.77. The van der Waals surface area contributed by atoms with Gasteiger partial charge in [-0.05, 0) is 12.8 Å². The maximum absolute atomic E-state index is 9.69. The van der Waals surface area contributed by atoms with Crippen LogP contribution in [0.1, 0.15) is 31.4 Å². The average molecular weight is 196 g/mol. The van der Waals surface area contributed by atoms with Gasteiger partial charge in [-0.15, -0.1) is 0 Å². The number of hydrogen-bond donors (Lipinski definition) is 2. The van der Waals surface area contributed by atoms with Gasteiger partial charge in [0.25, 0.3) is 0 Å². The number of aliphatic hydroxyl groups excluding tert-OH is 1. The lowest BCUT2D eigenvalue weighted by atomic mass is 9.92. The number of rotatable bonds is 3. The molecule has 4 nitrogen and oxygen atoms in total. The molecule has 1 aliphatic carbocycles. The van der Waals surface area contributed by atoms with Crippen LogP contribution < -0.4 is 5.32 Å². The first kappa shape index (κ1) is 9.68. The predicted octanol–water partition coefficient (Wildman–Crippen LogP) is 1.07. The molecule has 1 fully saturated rings. The fourth-order valence-electron chi connectivity index (χ4n) is 1.91. The lowest BCUT2D eigenvalue weighted by Gasteiger charge is -2.28. The van der Waals surface area contributed by atoms with Gasteiger partial charge >= 0.3 is 0 Å². The zero-order chi connectivity index (χ0) is 9.80. The van der Waals surface area contributed by atoms with Gasteiger partial charge in [-0.25, -0.2) is 0 Å². The summed E-state index contributed by atoms with van der Waals surface area (Å²) in [6.45, 7) is 0.679. The third kappa shape index (κ3) is 2.33. The van der Waals surface area contributed by atoms with Crippen molar-refractivity contribution in [3.63, 3.8) is 0 Å². The molecule has 1 heterocycles. The monoisotopic (exact) mass is 196 g/mol. The van der Waals surface area contributed by atoms with Crippen LogP contribution in [-0.2, 0) is 6.54 Å². The topological polar surface area (TPSA) is 58.3 Å². The van der Waals surface area contributed by atoms with Gasteiger partial charge in [0.05, 0.1) is 11.8 Å². The van der Waals surface area contributed by atoms with E-state index < -0.39 is 0 Å². The largest absolute Gasteiger partial charge is 0.392 e. The number of nitrogens with zero attached hydrogens (tertiary/aromatic N) is 1. The second-order valence-electron chi connectivity index (χ2n) is 3.83. The molecule has 2 atom stereocenters. The van der Waals surface area contributed by atoms with E-state index in [1.54, 1.807) is 6.26 Å². The van der Waals surface area contributed by atoms with Crippen LogP contribution >= 0.6 is 0 Å². The molecule has 0 bridgehead atoms. The first-order chi connectivity index (χ1) is 6.86. The highest BCUT2D eigenvalue weighted by Gasteiger charge is 2.22. The Morgan fingerprint density at radius 2 is 2.36 bits per heavy atom. The van der Waals surface area contributed by atoms with E-state index in [1.165, 1.54) is 6.42 Å². The summed E-state index contributed by atoms with van der Waals surface area (Å²) in [7, 11) is 0. The summed E-state index contributed by atoms with van der Waals surface area (Å²) in [6, 6.07) is 2.06. The summed E-state index contributed by atoms with van der Waals surface area (Å²) in [4.78, 5) is 0. The van der Waals surface area contributed by atoms with Crippen molar-refractivity contribution in [1.29, 1.82) is 0 Å². The van der Waals surface area contributed by atoms with Crippen LogP contribution in [0.4, 0.5) is 0 Å². The summed E-state index contributed by atoms with van der Waals surface area (Å²) < 4.78 is 4.73. The van der Waals surface area contributed by atoms with Crippen LogP contribution in [0.3, 0.4) is 0 Å². The van der Waals surface area contributed by atoms with Gasteiger partial charge in [0, 0.05) is 18.7 Å². The summed E-state index contributed by atoms with van der Waals surface area (Å²) in [6.07, 6.45) is 5.68. The van der Waals surface area contributed by atoms with E-state index in [2.05, 4.69) is 10.5 Å². The molecular weight excluding hydrogens is 180 g/mol. The van der Waals surface area contributed by atoms with E-state index in [4.69, 9.17) is 4.52 Å². The number of nitrogens with one attached hydrogen (secondary N) is 1.